The Labute approximate surface area is 121 Å². The van der Waals surface area contributed by atoms with Crippen molar-refractivity contribution in [3.63, 3.8) is 0 Å². The van der Waals surface area contributed by atoms with Crippen LogP contribution in [0.3, 0.4) is 0 Å². The second kappa shape index (κ2) is 5.46. The molecule has 5 nitrogen and oxygen atoms in total. The van der Waals surface area contributed by atoms with Crippen LogP contribution in [0.25, 0.3) is 5.65 Å². The van der Waals surface area contributed by atoms with Gasteiger partial charge in [-0.05, 0) is 37.1 Å². The molecule has 0 spiro atoms. The van der Waals surface area contributed by atoms with Crippen molar-refractivity contribution in [1.82, 2.24) is 15.3 Å². The van der Waals surface area contributed by atoms with Crippen molar-refractivity contribution in [2.75, 3.05) is 11.9 Å². The molecular formula is C14H15ClN5+. The molecule has 0 radical (unpaired) electrons. The van der Waals surface area contributed by atoms with Crippen molar-refractivity contribution in [3.05, 3.63) is 52.9 Å². The molecule has 2 N–H and O–H groups in total. The zero-order valence-electron chi connectivity index (χ0n) is 11.1. The lowest BCUT2D eigenvalue weighted by Crippen LogP contribution is -2.26. The van der Waals surface area contributed by atoms with Gasteiger partial charge < -0.3 is 5.32 Å². The molecule has 1 aromatic carbocycles. The normalized spacial score (nSPS) is 10.9. The molecule has 20 heavy (non-hydrogen) atoms. The van der Waals surface area contributed by atoms with Crippen molar-refractivity contribution >= 4 is 22.9 Å². The summed E-state index contributed by atoms with van der Waals surface area (Å²) in [5, 5.41) is 15.5. The predicted molar refractivity (Wildman–Crippen MR) is 77.9 cm³/mol. The van der Waals surface area contributed by atoms with E-state index in [0.29, 0.717) is 0 Å². The topological polar surface area (TPSA) is 57.7 Å². The molecule has 2 aromatic heterocycles. The maximum Gasteiger partial charge on any atom is 0.348 e. The van der Waals surface area contributed by atoms with Gasteiger partial charge in [0.05, 0.1) is 5.69 Å². The van der Waals surface area contributed by atoms with E-state index in [2.05, 4.69) is 20.6 Å². The second-order valence-electron chi connectivity index (χ2n) is 4.64. The molecule has 0 aliphatic heterocycles. The molecule has 0 unspecified atom stereocenters. The van der Waals surface area contributed by atoms with E-state index in [1.54, 1.807) is 10.8 Å². The van der Waals surface area contributed by atoms with E-state index in [1.807, 2.05) is 37.3 Å². The fourth-order valence-electron chi connectivity index (χ4n) is 2.11. The van der Waals surface area contributed by atoms with Gasteiger partial charge in [-0.15, -0.1) is 14.7 Å². The van der Waals surface area contributed by atoms with Gasteiger partial charge in [0.15, 0.2) is 0 Å². The number of fused-ring (bicyclic) bond motifs is 1. The summed E-state index contributed by atoms with van der Waals surface area (Å²) >= 11 is 5.87. The number of H-pyrrole nitrogens is 1. The Morgan fingerprint density at radius 1 is 1.30 bits per heavy atom. The molecule has 3 aromatic rings. The molecule has 0 bridgehead atoms. The van der Waals surface area contributed by atoms with Crippen molar-refractivity contribution in [1.29, 1.82) is 0 Å². The molecule has 0 fully saturated rings. The second-order valence-corrected chi connectivity index (χ2v) is 5.08. The van der Waals surface area contributed by atoms with Gasteiger partial charge in [-0.2, -0.15) is 0 Å². The summed E-state index contributed by atoms with van der Waals surface area (Å²) in [4.78, 5) is 0. The molecule has 2 heterocycles. The van der Waals surface area contributed by atoms with Gasteiger partial charge in [-0.25, -0.2) is 0 Å². The number of aromatic nitrogens is 4. The fraction of sp³-hybridized carbons (Fsp3) is 0.214. The number of aryl methyl sites for hydroxylation is 1. The SMILES string of the molecule is Cc1cc(NCCc2ccc(Cl)cc2)c2n[nH]c[n+]2n1. The minimum atomic E-state index is 0.765. The number of anilines is 1. The summed E-state index contributed by atoms with van der Waals surface area (Å²) in [7, 11) is 0. The molecule has 0 aliphatic carbocycles. The third-order valence-electron chi connectivity index (χ3n) is 3.07. The minimum Gasteiger partial charge on any atom is -0.379 e. The quantitative estimate of drug-likeness (QED) is 0.723. The number of nitrogens with zero attached hydrogens (tertiary/aromatic N) is 3. The molecule has 102 valence electrons. The molecule has 3 rings (SSSR count). The first kappa shape index (κ1) is 12.9. The maximum absolute atomic E-state index is 5.87. The molecule has 0 atom stereocenters. The van der Waals surface area contributed by atoms with Crippen molar-refractivity contribution in [2.45, 2.75) is 13.3 Å². The number of halogens is 1. The van der Waals surface area contributed by atoms with Gasteiger partial charge in [-0.1, -0.05) is 23.7 Å². The number of benzene rings is 1. The number of rotatable bonds is 4. The smallest absolute Gasteiger partial charge is 0.348 e. The van der Waals surface area contributed by atoms with Crippen molar-refractivity contribution in [2.24, 2.45) is 0 Å². The highest BCUT2D eigenvalue weighted by Crippen LogP contribution is 2.12. The average Bonchev–Trinajstić information content (AvgIpc) is 2.89. The highest BCUT2D eigenvalue weighted by atomic mass is 35.5. The Balaban J connectivity index is 1.70. The summed E-state index contributed by atoms with van der Waals surface area (Å²) in [6.45, 7) is 2.79. The van der Waals surface area contributed by atoms with E-state index >= 15 is 0 Å². The van der Waals surface area contributed by atoms with Gasteiger partial charge >= 0.3 is 5.65 Å². The lowest BCUT2D eigenvalue weighted by molar-refractivity contribution is -0.581. The van der Waals surface area contributed by atoms with Crippen LogP contribution < -0.4 is 9.83 Å². The van der Waals surface area contributed by atoms with Gasteiger partial charge in [0.25, 0.3) is 0 Å². The number of aromatic amines is 1. The van der Waals surface area contributed by atoms with Crippen LogP contribution in [-0.4, -0.2) is 21.8 Å². The van der Waals surface area contributed by atoms with E-state index in [1.165, 1.54) is 5.56 Å². The molecule has 6 heteroatoms. The van der Waals surface area contributed by atoms with Crippen LogP contribution >= 0.6 is 11.6 Å². The average molecular weight is 289 g/mol. The van der Waals surface area contributed by atoms with Gasteiger partial charge in [0.2, 0.25) is 6.33 Å². The third kappa shape index (κ3) is 2.72. The van der Waals surface area contributed by atoms with Crippen LogP contribution in [0.4, 0.5) is 5.69 Å². The van der Waals surface area contributed by atoms with E-state index < -0.39 is 0 Å². The summed E-state index contributed by atoms with van der Waals surface area (Å²) in [6, 6.07) is 9.91. The van der Waals surface area contributed by atoms with Crippen LogP contribution in [0.5, 0.6) is 0 Å². The first-order valence-electron chi connectivity index (χ1n) is 6.44. The first-order valence-corrected chi connectivity index (χ1v) is 6.81. The van der Waals surface area contributed by atoms with Crippen LogP contribution in [0, 0.1) is 6.92 Å². The van der Waals surface area contributed by atoms with E-state index in [4.69, 9.17) is 11.6 Å². The number of hydrogen-bond donors (Lipinski definition) is 2. The van der Waals surface area contributed by atoms with E-state index in [-0.39, 0.29) is 0 Å². The lowest BCUT2D eigenvalue weighted by Gasteiger charge is -2.05. The minimum absolute atomic E-state index is 0.765. The highest BCUT2D eigenvalue weighted by Gasteiger charge is 2.12. The van der Waals surface area contributed by atoms with Crippen LogP contribution in [-0.2, 0) is 6.42 Å². The van der Waals surface area contributed by atoms with Crippen molar-refractivity contribution in [3.8, 4) is 0 Å². The van der Waals surface area contributed by atoms with Gasteiger partial charge in [-0.3, -0.25) is 0 Å². The molecule has 0 saturated carbocycles. The zero-order chi connectivity index (χ0) is 13.9. The summed E-state index contributed by atoms with van der Waals surface area (Å²) in [5.74, 6) is 0. The van der Waals surface area contributed by atoms with E-state index in [9.17, 15) is 0 Å². The Morgan fingerprint density at radius 2 is 2.10 bits per heavy atom. The Hall–Kier alpha value is -2.14. The molecular weight excluding hydrogens is 274 g/mol. The number of hydrogen-bond acceptors (Lipinski definition) is 3. The third-order valence-corrected chi connectivity index (χ3v) is 3.32. The zero-order valence-corrected chi connectivity index (χ0v) is 11.9. The van der Waals surface area contributed by atoms with Gasteiger partial charge in [0.1, 0.15) is 5.69 Å². The Bertz CT molecular complexity index is 720. The van der Waals surface area contributed by atoms with Crippen LogP contribution in [0.15, 0.2) is 36.7 Å². The lowest BCUT2D eigenvalue weighted by atomic mass is 10.1. The molecule has 0 amide bonds. The maximum atomic E-state index is 5.87. The summed E-state index contributed by atoms with van der Waals surface area (Å²) < 4.78 is 1.74. The number of nitrogens with one attached hydrogen (secondary N) is 2. The Kier molecular flexibility index (Phi) is 3.52. The monoisotopic (exact) mass is 288 g/mol. The highest BCUT2D eigenvalue weighted by molar-refractivity contribution is 6.30. The van der Waals surface area contributed by atoms with Crippen molar-refractivity contribution < 1.29 is 4.52 Å². The van der Waals surface area contributed by atoms with Crippen LogP contribution in [0.2, 0.25) is 5.02 Å². The Morgan fingerprint density at radius 3 is 2.90 bits per heavy atom. The van der Waals surface area contributed by atoms with Crippen LogP contribution in [0.1, 0.15) is 11.3 Å². The van der Waals surface area contributed by atoms with Gasteiger partial charge in [0, 0.05) is 16.7 Å². The summed E-state index contributed by atoms with van der Waals surface area (Å²) in [6.07, 6.45) is 2.65. The fourth-order valence-corrected chi connectivity index (χ4v) is 2.24. The largest absolute Gasteiger partial charge is 0.379 e. The molecule has 0 aliphatic rings. The standard InChI is InChI=1S/C14H14ClN5/c1-10-8-13(14-18-17-9-20(14)19-10)16-7-6-11-2-4-12(15)5-3-11/h2-5,8-9H,6-7H2,1H3,(H,16,19)/p+1. The predicted octanol–water partition coefficient (Wildman–Crippen LogP) is 2.16. The summed E-state index contributed by atoms with van der Waals surface area (Å²) in [5.41, 5.74) is 3.97. The first-order chi connectivity index (χ1) is 9.72. The molecule has 0 saturated heterocycles. The van der Waals surface area contributed by atoms with E-state index in [0.717, 1.165) is 35.0 Å².